The zero-order chi connectivity index (χ0) is 9.80. The molecule has 1 saturated heterocycles. The van der Waals surface area contributed by atoms with E-state index in [1.165, 1.54) is 18.4 Å². The quantitative estimate of drug-likeness (QED) is 0.490. The molecule has 1 heterocycles. The zero-order valence-electron chi connectivity index (χ0n) is 8.29. The molecule has 0 saturated carbocycles. The van der Waals surface area contributed by atoms with Gasteiger partial charge in [-0.25, -0.2) is 0 Å². The van der Waals surface area contributed by atoms with Gasteiger partial charge in [-0.1, -0.05) is 18.2 Å². The third-order valence-corrected chi connectivity index (χ3v) is 2.90. The van der Waals surface area contributed by atoms with Crippen molar-refractivity contribution in [3.63, 3.8) is 0 Å². The Kier molecular flexibility index (Phi) is 3.01. The minimum absolute atomic E-state index is 0.656. The number of nitrogen functional groups attached to an aromatic ring is 1. The first-order chi connectivity index (χ1) is 6.92. The molecule has 0 unspecified atom stereocenters. The van der Waals surface area contributed by atoms with Crippen molar-refractivity contribution in [2.45, 2.75) is 18.8 Å². The van der Waals surface area contributed by atoms with E-state index in [0.29, 0.717) is 5.92 Å². The largest absolute Gasteiger partial charge is 0.324 e. The standard InChI is InChI=1S/C11H17N3/c12-14-11-4-2-1-3-10(11)9-5-7-13-8-6-9/h1-4,9,13-14H,5-8,12H2. The highest BCUT2D eigenvalue weighted by atomic mass is 15.2. The predicted octanol–water partition coefficient (Wildman–Crippen LogP) is 1.44. The van der Waals surface area contributed by atoms with E-state index < -0.39 is 0 Å². The van der Waals surface area contributed by atoms with Gasteiger partial charge >= 0.3 is 0 Å². The van der Waals surface area contributed by atoms with E-state index in [0.717, 1.165) is 18.8 Å². The molecule has 0 amide bonds. The summed E-state index contributed by atoms with van der Waals surface area (Å²) in [5.74, 6) is 6.15. The molecule has 0 aromatic heterocycles. The van der Waals surface area contributed by atoms with Crippen LogP contribution in [-0.4, -0.2) is 13.1 Å². The van der Waals surface area contributed by atoms with Crippen LogP contribution >= 0.6 is 0 Å². The van der Waals surface area contributed by atoms with E-state index in [2.05, 4.69) is 22.9 Å². The SMILES string of the molecule is NNc1ccccc1C1CCNCC1. The fourth-order valence-electron chi connectivity index (χ4n) is 2.12. The first-order valence-electron chi connectivity index (χ1n) is 5.18. The number of hydrogen-bond acceptors (Lipinski definition) is 3. The lowest BCUT2D eigenvalue weighted by Gasteiger charge is -2.24. The van der Waals surface area contributed by atoms with Crippen molar-refractivity contribution in [2.75, 3.05) is 18.5 Å². The Bertz CT molecular complexity index is 292. The maximum atomic E-state index is 5.49. The highest BCUT2D eigenvalue weighted by Gasteiger charge is 2.17. The van der Waals surface area contributed by atoms with Gasteiger partial charge in [0.25, 0.3) is 0 Å². The van der Waals surface area contributed by atoms with Crippen molar-refractivity contribution in [1.82, 2.24) is 5.32 Å². The fourth-order valence-corrected chi connectivity index (χ4v) is 2.12. The van der Waals surface area contributed by atoms with Gasteiger partial charge in [0.1, 0.15) is 0 Å². The van der Waals surface area contributed by atoms with Gasteiger partial charge in [-0.2, -0.15) is 0 Å². The second-order valence-electron chi connectivity index (χ2n) is 3.76. The number of benzene rings is 1. The number of hydrazine groups is 1. The summed E-state index contributed by atoms with van der Waals surface area (Å²) in [7, 11) is 0. The van der Waals surface area contributed by atoms with E-state index in [-0.39, 0.29) is 0 Å². The normalized spacial score (nSPS) is 18.1. The maximum Gasteiger partial charge on any atom is 0.0519 e. The summed E-state index contributed by atoms with van der Waals surface area (Å²) >= 11 is 0. The lowest BCUT2D eigenvalue weighted by molar-refractivity contribution is 0.461. The molecule has 14 heavy (non-hydrogen) atoms. The van der Waals surface area contributed by atoms with Gasteiger partial charge in [-0.3, -0.25) is 5.84 Å². The highest BCUT2D eigenvalue weighted by molar-refractivity contribution is 5.51. The number of anilines is 1. The third-order valence-electron chi connectivity index (χ3n) is 2.90. The molecule has 0 spiro atoms. The molecule has 0 radical (unpaired) electrons. The lowest BCUT2D eigenvalue weighted by Crippen LogP contribution is -2.27. The summed E-state index contributed by atoms with van der Waals surface area (Å²) in [6.07, 6.45) is 2.41. The molecule has 2 rings (SSSR count). The van der Waals surface area contributed by atoms with Crippen LogP contribution in [0.1, 0.15) is 24.3 Å². The van der Waals surface area contributed by atoms with Gasteiger partial charge in [-0.15, -0.1) is 0 Å². The molecule has 0 bridgehead atoms. The van der Waals surface area contributed by atoms with Gasteiger partial charge in [0.05, 0.1) is 5.69 Å². The average Bonchev–Trinajstić information content (AvgIpc) is 2.30. The Hall–Kier alpha value is -1.06. The Balaban J connectivity index is 2.20. The summed E-state index contributed by atoms with van der Waals surface area (Å²) in [5, 5.41) is 3.37. The molecule has 4 N–H and O–H groups in total. The molecule has 3 heteroatoms. The molecule has 0 aliphatic carbocycles. The van der Waals surface area contributed by atoms with Gasteiger partial charge in [0.2, 0.25) is 0 Å². The van der Waals surface area contributed by atoms with Crippen molar-refractivity contribution in [1.29, 1.82) is 0 Å². The first kappa shape index (κ1) is 9.49. The minimum atomic E-state index is 0.656. The van der Waals surface area contributed by atoms with E-state index in [1.807, 2.05) is 12.1 Å². The Labute approximate surface area is 84.7 Å². The van der Waals surface area contributed by atoms with Crippen LogP contribution in [0.2, 0.25) is 0 Å². The van der Waals surface area contributed by atoms with Crippen molar-refractivity contribution in [2.24, 2.45) is 5.84 Å². The number of para-hydroxylation sites is 1. The first-order valence-corrected chi connectivity index (χ1v) is 5.18. The van der Waals surface area contributed by atoms with E-state index in [9.17, 15) is 0 Å². The summed E-state index contributed by atoms with van der Waals surface area (Å²) in [4.78, 5) is 0. The predicted molar refractivity (Wildman–Crippen MR) is 59.1 cm³/mol. The average molecular weight is 191 g/mol. The summed E-state index contributed by atoms with van der Waals surface area (Å²) < 4.78 is 0. The van der Waals surface area contributed by atoms with Crippen LogP contribution in [-0.2, 0) is 0 Å². The molecule has 1 aromatic carbocycles. The number of nitrogens with one attached hydrogen (secondary N) is 2. The number of hydrogen-bond donors (Lipinski definition) is 3. The molecule has 3 nitrogen and oxygen atoms in total. The molecule has 1 aliphatic heterocycles. The number of nitrogens with two attached hydrogens (primary N) is 1. The lowest BCUT2D eigenvalue weighted by atomic mass is 9.89. The molecule has 0 atom stereocenters. The van der Waals surface area contributed by atoms with Crippen LogP contribution < -0.4 is 16.6 Å². The second kappa shape index (κ2) is 4.44. The van der Waals surface area contributed by atoms with Crippen LogP contribution in [0.15, 0.2) is 24.3 Å². The van der Waals surface area contributed by atoms with E-state index in [1.54, 1.807) is 0 Å². The van der Waals surface area contributed by atoms with Gasteiger partial charge in [0.15, 0.2) is 0 Å². The third kappa shape index (κ3) is 1.89. The van der Waals surface area contributed by atoms with Crippen molar-refractivity contribution in [3.8, 4) is 0 Å². The molecular weight excluding hydrogens is 174 g/mol. The number of rotatable bonds is 2. The summed E-state index contributed by atoms with van der Waals surface area (Å²) in [6.45, 7) is 2.23. The van der Waals surface area contributed by atoms with Gasteiger partial charge in [0, 0.05) is 0 Å². The molecular formula is C11H17N3. The van der Waals surface area contributed by atoms with Crippen LogP contribution in [0.5, 0.6) is 0 Å². The van der Waals surface area contributed by atoms with Crippen LogP contribution in [0.25, 0.3) is 0 Å². The van der Waals surface area contributed by atoms with Crippen molar-refractivity contribution in [3.05, 3.63) is 29.8 Å². The summed E-state index contributed by atoms with van der Waals surface area (Å²) in [5.41, 5.74) is 5.20. The fraction of sp³-hybridized carbons (Fsp3) is 0.455. The van der Waals surface area contributed by atoms with E-state index >= 15 is 0 Å². The van der Waals surface area contributed by atoms with E-state index in [4.69, 9.17) is 5.84 Å². The monoisotopic (exact) mass is 191 g/mol. The van der Waals surface area contributed by atoms with Gasteiger partial charge in [-0.05, 0) is 43.5 Å². The van der Waals surface area contributed by atoms with Crippen LogP contribution in [0.3, 0.4) is 0 Å². The zero-order valence-corrected chi connectivity index (χ0v) is 8.29. The summed E-state index contributed by atoms with van der Waals surface area (Å²) in [6, 6.07) is 8.31. The Morgan fingerprint density at radius 1 is 1.21 bits per heavy atom. The van der Waals surface area contributed by atoms with Crippen molar-refractivity contribution >= 4 is 5.69 Å². The smallest absolute Gasteiger partial charge is 0.0519 e. The second-order valence-corrected chi connectivity index (χ2v) is 3.76. The van der Waals surface area contributed by atoms with Gasteiger partial charge < -0.3 is 10.7 Å². The topological polar surface area (TPSA) is 50.1 Å². The van der Waals surface area contributed by atoms with Crippen LogP contribution in [0, 0.1) is 0 Å². The Morgan fingerprint density at radius 3 is 2.64 bits per heavy atom. The molecule has 1 aromatic rings. The van der Waals surface area contributed by atoms with Crippen LogP contribution in [0.4, 0.5) is 5.69 Å². The molecule has 1 aliphatic rings. The van der Waals surface area contributed by atoms with Crippen molar-refractivity contribution < 1.29 is 0 Å². The Morgan fingerprint density at radius 2 is 1.93 bits per heavy atom. The number of piperidine rings is 1. The highest BCUT2D eigenvalue weighted by Crippen LogP contribution is 2.30. The minimum Gasteiger partial charge on any atom is -0.324 e. The molecule has 76 valence electrons. The maximum absolute atomic E-state index is 5.49. The molecule has 1 fully saturated rings.